The highest BCUT2D eigenvalue weighted by Gasteiger charge is 2.37. The molecular formula is C29H42O12. The molecule has 0 aliphatic carbocycles. The second-order valence-electron chi connectivity index (χ2n) is 11.4. The minimum Gasteiger partial charge on any atom is -0.491 e. The Labute approximate surface area is 240 Å². The summed E-state index contributed by atoms with van der Waals surface area (Å²) >= 11 is 0. The molecule has 1 aromatic rings. The molecule has 1 aromatic carbocycles. The van der Waals surface area contributed by atoms with Crippen LogP contribution in [0.5, 0.6) is 11.5 Å². The third kappa shape index (κ3) is 12.3. The Hall–Kier alpha value is -1.58. The monoisotopic (exact) mass is 582 g/mol. The molecule has 6 aliphatic rings. The maximum atomic E-state index is 5.88. The first-order valence-corrected chi connectivity index (χ1v) is 14.6. The molecule has 12 heteroatoms. The molecule has 12 nitrogen and oxygen atoms in total. The maximum absolute atomic E-state index is 5.88. The van der Waals surface area contributed by atoms with Crippen LogP contribution in [0.4, 0.5) is 0 Å². The molecule has 6 unspecified atom stereocenters. The van der Waals surface area contributed by atoms with Crippen LogP contribution in [-0.2, 0) is 47.4 Å². The molecule has 6 atom stereocenters. The molecule has 7 rings (SSSR count). The molecule has 6 aliphatic heterocycles. The molecule has 6 heterocycles. The lowest BCUT2D eigenvalue weighted by Crippen LogP contribution is -2.43. The van der Waals surface area contributed by atoms with Crippen molar-refractivity contribution in [3.05, 3.63) is 24.3 Å². The highest BCUT2D eigenvalue weighted by Crippen LogP contribution is 2.25. The van der Waals surface area contributed by atoms with E-state index in [4.69, 9.17) is 56.8 Å². The van der Waals surface area contributed by atoms with Gasteiger partial charge in [-0.25, -0.2) is 0 Å². The van der Waals surface area contributed by atoms with E-state index in [1.807, 2.05) is 24.3 Å². The first kappa shape index (κ1) is 29.5. The van der Waals surface area contributed by atoms with Gasteiger partial charge in [0, 0.05) is 6.07 Å². The fraction of sp³-hybridized carbons (Fsp3) is 0.793. The van der Waals surface area contributed by atoms with Gasteiger partial charge in [-0.15, -0.1) is 0 Å². The first-order chi connectivity index (χ1) is 20.2. The van der Waals surface area contributed by atoms with Crippen LogP contribution in [0.25, 0.3) is 0 Å². The fourth-order valence-electron chi connectivity index (χ4n) is 3.90. The van der Waals surface area contributed by atoms with Crippen LogP contribution in [0, 0.1) is 5.41 Å². The molecule has 0 spiro atoms. The number of hydrogen-bond acceptors (Lipinski definition) is 12. The lowest BCUT2D eigenvalue weighted by molar-refractivity contribution is -0.111. The smallest absolute Gasteiger partial charge is 0.123 e. The van der Waals surface area contributed by atoms with Crippen molar-refractivity contribution < 1.29 is 56.8 Å². The summed E-state index contributed by atoms with van der Waals surface area (Å²) in [6.07, 6.45) is 1.51. The summed E-state index contributed by atoms with van der Waals surface area (Å²) < 4.78 is 65.7. The summed E-state index contributed by atoms with van der Waals surface area (Å²) in [5, 5.41) is 0. The van der Waals surface area contributed by atoms with E-state index >= 15 is 0 Å². The Morgan fingerprint density at radius 1 is 0.488 bits per heavy atom. The summed E-state index contributed by atoms with van der Waals surface area (Å²) in [4.78, 5) is 0. The van der Waals surface area contributed by atoms with Crippen molar-refractivity contribution in [2.45, 2.75) is 36.6 Å². The maximum Gasteiger partial charge on any atom is 0.123 e. The van der Waals surface area contributed by atoms with Crippen LogP contribution < -0.4 is 9.47 Å². The predicted molar refractivity (Wildman–Crippen MR) is 142 cm³/mol. The SMILES string of the molecule is C(OCC(COCC1CO1)(COCC1CO1)COCC1CO1)C1CO1.c1cc(OCC2CO2)cc(OCC2CO2)c1. The zero-order chi connectivity index (χ0) is 27.7. The van der Waals surface area contributed by atoms with Crippen LogP contribution in [0.3, 0.4) is 0 Å². The van der Waals surface area contributed by atoms with E-state index in [2.05, 4.69) is 0 Å². The normalized spacial score (nSPS) is 31.3. The van der Waals surface area contributed by atoms with E-state index in [-0.39, 0.29) is 42.0 Å². The average molecular weight is 583 g/mol. The van der Waals surface area contributed by atoms with Gasteiger partial charge >= 0.3 is 0 Å². The van der Waals surface area contributed by atoms with Gasteiger partial charge < -0.3 is 56.8 Å². The molecule has 0 radical (unpaired) electrons. The van der Waals surface area contributed by atoms with E-state index < -0.39 is 0 Å². The number of epoxide rings is 6. The van der Waals surface area contributed by atoms with Crippen LogP contribution in [0.2, 0.25) is 0 Å². The molecule has 41 heavy (non-hydrogen) atoms. The van der Waals surface area contributed by atoms with Crippen LogP contribution in [-0.4, -0.2) is 142 Å². The van der Waals surface area contributed by atoms with E-state index in [0.717, 1.165) is 51.1 Å². The minimum absolute atomic E-state index is 0.236. The lowest BCUT2D eigenvalue weighted by atomic mass is 9.92. The summed E-state index contributed by atoms with van der Waals surface area (Å²) in [7, 11) is 0. The van der Waals surface area contributed by atoms with Gasteiger partial charge in [0.25, 0.3) is 0 Å². The Bertz CT molecular complexity index is 800. The molecule has 0 bridgehead atoms. The van der Waals surface area contributed by atoms with Crippen molar-refractivity contribution >= 4 is 0 Å². The topological polar surface area (TPSA) is 131 Å². The molecule has 0 saturated carbocycles. The second kappa shape index (κ2) is 14.7. The summed E-state index contributed by atoms with van der Waals surface area (Å²) in [5.41, 5.74) is -0.354. The van der Waals surface area contributed by atoms with E-state index in [1.54, 1.807) is 0 Å². The zero-order valence-corrected chi connectivity index (χ0v) is 23.5. The number of benzene rings is 1. The Balaban J connectivity index is 0.000000162. The molecule has 6 fully saturated rings. The minimum atomic E-state index is -0.354. The van der Waals surface area contributed by atoms with Gasteiger partial charge in [-0.1, -0.05) is 6.07 Å². The van der Waals surface area contributed by atoms with Crippen molar-refractivity contribution in [3.8, 4) is 11.5 Å². The number of hydrogen-bond donors (Lipinski definition) is 0. The van der Waals surface area contributed by atoms with Crippen LogP contribution in [0.15, 0.2) is 24.3 Å². The van der Waals surface area contributed by atoms with Gasteiger partial charge in [0.05, 0.1) is 97.9 Å². The zero-order valence-electron chi connectivity index (χ0n) is 23.5. The quantitative estimate of drug-likeness (QED) is 0.180. The molecule has 0 N–H and O–H groups in total. The predicted octanol–water partition coefficient (Wildman–Crippen LogP) is 0.876. The third-order valence-electron chi connectivity index (χ3n) is 6.94. The van der Waals surface area contributed by atoms with Crippen LogP contribution >= 0.6 is 0 Å². The van der Waals surface area contributed by atoms with Crippen molar-refractivity contribution in [2.24, 2.45) is 5.41 Å². The Morgan fingerprint density at radius 2 is 0.780 bits per heavy atom. The van der Waals surface area contributed by atoms with Crippen molar-refractivity contribution in [1.29, 1.82) is 0 Å². The summed E-state index contributed by atoms with van der Waals surface area (Å²) in [5.74, 6) is 1.65. The van der Waals surface area contributed by atoms with Gasteiger partial charge in [-0.05, 0) is 12.1 Å². The molecular weight excluding hydrogens is 540 g/mol. The highest BCUT2D eigenvalue weighted by molar-refractivity contribution is 5.33. The molecule has 6 saturated heterocycles. The number of ether oxygens (including phenoxy) is 12. The van der Waals surface area contributed by atoms with E-state index in [9.17, 15) is 0 Å². The molecule has 0 aromatic heterocycles. The first-order valence-electron chi connectivity index (χ1n) is 14.6. The van der Waals surface area contributed by atoms with Gasteiger partial charge in [-0.2, -0.15) is 0 Å². The highest BCUT2D eigenvalue weighted by atomic mass is 16.6. The molecule has 230 valence electrons. The van der Waals surface area contributed by atoms with E-state index in [0.29, 0.717) is 66.1 Å². The number of rotatable bonds is 22. The van der Waals surface area contributed by atoms with Crippen molar-refractivity contribution in [1.82, 2.24) is 0 Å². The summed E-state index contributed by atoms with van der Waals surface area (Å²) in [6.45, 7) is 10.5. The fourth-order valence-corrected chi connectivity index (χ4v) is 3.90. The largest absolute Gasteiger partial charge is 0.491 e. The van der Waals surface area contributed by atoms with Crippen LogP contribution in [0.1, 0.15) is 0 Å². The van der Waals surface area contributed by atoms with Gasteiger partial charge in [0.2, 0.25) is 0 Å². The Morgan fingerprint density at radius 3 is 1.07 bits per heavy atom. The third-order valence-corrected chi connectivity index (χ3v) is 6.94. The van der Waals surface area contributed by atoms with E-state index in [1.165, 1.54) is 0 Å². The summed E-state index contributed by atoms with van der Waals surface area (Å²) in [6, 6.07) is 7.66. The average Bonchev–Trinajstić information content (AvgIpc) is 3.74. The van der Waals surface area contributed by atoms with Gasteiger partial charge in [0.1, 0.15) is 61.3 Å². The molecule has 0 amide bonds. The van der Waals surface area contributed by atoms with Crippen molar-refractivity contribution in [2.75, 3.05) is 106 Å². The standard InChI is InChI=1S/C17H28O8.C12H14O4/c1(13-5-22-13)18-9-17(10-19-2-14-6-23-14,11-20-3-15-7-24-15)12-21-4-16-8-25-16;1-2-9(13-5-11-7-15-11)4-10(3-1)14-6-12-8-16-12/h13-16H,1-12H2;1-4,11-12H,5-8H2. The van der Waals surface area contributed by atoms with Gasteiger partial charge in [-0.3, -0.25) is 0 Å². The van der Waals surface area contributed by atoms with Crippen molar-refractivity contribution in [3.63, 3.8) is 0 Å². The lowest BCUT2D eigenvalue weighted by Gasteiger charge is -2.32. The van der Waals surface area contributed by atoms with Gasteiger partial charge in [0.15, 0.2) is 0 Å². The second-order valence-corrected chi connectivity index (χ2v) is 11.4. The Kier molecular flexibility index (Phi) is 10.6.